The van der Waals surface area contributed by atoms with Crippen LogP contribution < -0.4 is 10.9 Å². The Balaban J connectivity index is 1.95. The topological polar surface area (TPSA) is 56.0 Å². The highest BCUT2D eigenvalue weighted by Gasteiger charge is 2.26. The van der Waals surface area contributed by atoms with Crippen LogP contribution >= 0.6 is 15.9 Å². The van der Waals surface area contributed by atoms with Gasteiger partial charge in [-0.2, -0.15) is 0 Å². The molecule has 0 fully saturated rings. The number of allylic oxidation sites excluding steroid dienone is 2. The van der Waals surface area contributed by atoms with Gasteiger partial charge in [0.05, 0.1) is 17.4 Å². The van der Waals surface area contributed by atoms with E-state index in [1.54, 1.807) is 36.9 Å². The minimum atomic E-state index is -0.766. The number of rotatable bonds is 3. The summed E-state index contributed by atoms with van der Waals surface area (Å²) in [6.07, 6.45) is 3.41. The second-order valence-electron chi connectivity index (χ2n) is 5.82. The van der Waals surface area contributed by atoms with Crippen LogP contribution in [0.25, 0.3) is 5.69 Å². The first-order chi connectivity index (χ1) is 11.9. The highest BCUT2D eigenvalue weighted by Crippen LogP contribution is 2.23. The van der Waals surface area contributed by atoms with E-state index in [9.17, 15) is 14.0 Å². The molecule has 1 unspecified atom stereocenters. The minimum absolute atomic E-state index is 0.0211. The van der Waals surface area contributed by atoms with Crippen LogP contribution in [0.1, 0.15) is 22.5 Å². The summed E-state index contributed by atoms with van der Waals surface area (Å²) < 4.78 is 17.7. The zero-order valence-electron chi connectivity index (χ0n) is 13.8. The molecule has 1 aliphatic carbocycles. The standard InChI is InChI=1S/C18H17BrFN3O2/c1-11-16(17(24)21-15-9-8-12(19)10-14(15)20)18(25)23(22(11)2)13-6-4-3-5-7-13/h3-8,10,15H,9H2,1-2H3,(H,21,24). The van der Waals surface area contributed by atoms with Crippen LogP contribution in [0.15, 0.2) is 57.6 Å². The van der Waals surface area contributed by atoms with Gasteiger partial charge in [0.2, 0.25) is 0 Å². The van der Waals surface area contributed by atoms with Gasteiger partial charge >= 0.3 is 0 Å². The molecule has 25 heavy (non-hydrogen) atoms. The van der Waals surface area contributed by atoms with E-state index in [0.29, 0.717) is 22.3 Å². The van der Waals surface area contributed by atoms with Crippen LogP contribution in [-0.4, -0.2) is 21.3 Å². The Morgan fingerprint density at radius 1 is 1.32 bits per heavy atom. The first-order valence-electron chi connectivity index (χ1n) is 7.77. The molecule has 0 radical (unpaired) electrons. The summed E-state index contributed by atoms with van der Waals surface area (Å²) in [6, 6.07) is 8.29. The number of carbonyl (C=O) groups excluding carboxylic acids is 1. The van der Waals surface area contributed by atoms with Crippen molar-refractivity contribution in [2.75, 3.05) is 0 Å². The molecule has 1 aromatic carbocycles. The highest BCUT2D eigenvalue weighted by molar-refractivity contribution is 9.11. The van der Waals surface area contributed by atoms with Crippen molar-refractivity contribution < 1.29 is 9.18 Å². The fourth-order valence-corrected chi connectivity index (χ4v) is 3.23. The number of para-hydroxylation sites is 1. The second kappa shape index (κ2) is 6.84. The Labute approximate surface area is 152 Å². The molecule has 0 aliphatic heterocycles. The van der Waals surface area contributed by atoms with Crippen LogP contribution in [0, 0.1) is 6.92 Å². The van der Waals surface area contributed by atoms with E-state index >= 15 is 0 Å². The predicted molar refractivity (Wildman–Crippen MR) is 97.8 cm³/mol. The third kappa shape index (κ3) is 3.24. The SMILES string of the molecule is Cc1c(C(=O)NC2CC=C(Br)C=C2F)c(=O)n(-c2ccccc2)n1C. The van der Waals surface area contributed by atoms with E-state index in [-0.39, 0.29) is 5.56 Å². The predicted octanol–water partition coefficient (Wildman–Crippen LogP) is 3.12. The fraction of sp³-hybridized carbons (Fsp3) is 0.222. The molecule has 0 spiro atoms. The summed E-state index contributed by atoms with van der Waals surface area (Å²) in [4.78, 5) is 25.4. The van der Waals surface area contributed by atoms with E-state index in [1.807, 2.05) is 18.2 Å². The van der Waals surface area contributed by atoms with E-state index in [0.717, 1.165) is 0 Å². The van der Waals surface area contributed by atoms with Gasteiger partial charge in [-0.1, -0.05) is 40.2 Å². The first-order valence-corrected chi connectivity index (χ1v) is 8.57. The van der Waals surface area contributed by atoms with Crippen molar-refractivity contribution in [3.8, 4) is 5.69 Å². The second-order valence-corrected chi connectivity index (χ2v) is 6.73. The maximum Gasteiger partial charge on any atom is 0.284 e. The lowest BCUT2D eigenvalue weighted by molar-refractivity contribution is 0.0936. The molecule has 1 amide bonds. The largest absolute Gasteiger partial charge is 0.342 e. The van der Waals surface area contributed by atoms with Gasteiger partial charge in [-0.05, 0) is 31.6 Å². The van der Waals surface area contributed by atoms with E-state index in [2.05, 4.69) is 21.2 Å². The Kier molecular flexibility index (Phi) is 4.76. The molecule has 1 heterocycles. The molecule has 2 aromatic rings. The summed E-state index contributed by atoms with van der Waals surface area (Å²) in [7, 11) is 1.71. The number of carbonyl (C=O) groups is 1. The number of hydrogen-bond acceptors (Lipinski definition) is 2. The number of aromatic nitrogens is 2. The number of nitrogens with one attached hydrogen (secondary N) is 1. The van der Waals surface area contributed by atoms with Crippen molar-refractivity contribution in [1.82, 2.24) is 14.7 Å². The quantitative estimate of drug-likeness (QED) is 0.852. The maximum absolute atomic E-state index is 14.0. The molecule has 3 rings (SSSR count). The van der Waals surface area contributed by atoms with Gasteiger partial charge in [0.1, 0.15) is 11.4 Å². The van der Waals surface area contributed by atoms with Crippen molar-refractivity contribution >= 4 is 21.8 Å². The minimum Gasteiger partial charge on any atom is -0.342 e. The van der Waals surface area contributed by atoms with Gasteiger partial charge in [0, 0.05) is 11.5 Å². The van der Waals surface area contributed by atoms with Gasteiger partial charge in [-0.25, -0.2) is 9.07 Å². The smallest absolute Gasteiger partial charge is 0.284 e. The van der Waals surface area contributed by atoms with E-state index in [4.69, 9.17) is 0 Å². The zero-order chi connectivity index (χ0) is 18.1. The highest BCUT2D eigenvalue weighted by atomic mass is 79.9. The molecule has 130 valence electrons. The molecule has 1 atom stereocenters. The summed E-state index contributed by atoms with van der Waals surface area (Å²) in [5, 5.41) is 2.60. The van der Waals surface area contributed by atoms with Crippen LogP contribution in [0.3, 0.4) is 0 Å². The van der Waals surface area contributed by atoms with Crippen molar-refractivity contribution in [3.63, 3.8) is 0 Å². The molecular formula is C18H17BrFN3O2. The van der Waals surface area contributed by atoms with Crippen LogP contribution in [0.2, 0.25) is 0 Å². The Morgan fingerprint density at radius 3 is 2.64 bits per heavy atom. The van der Waals surface area contributed by atoms with Gasteiger partial charge in [-0.15, -0.1) is 0 Å². The van der Waals surface area contributed by atoms with Gasteiger partial charge < -0.3 is 5.32 Å². The van der Waals surface area contributed by atoms with Crippen molar-refractivity contribution in [2.45, 2.75) is 19.4 Å². The molecule has 1 N–H and O–H groups in total. The number of benzene rings is 1. The Morgan fingerprint density at radius 2 is 2.00 bits per heavy atom. The van der Waals surface area contributed by atoms with Gasteiger partial charge in [0.15, 0.2) is 0 Å². The molecule has 0 saturated heterocycles. The molecule has 0 saturated carbocycles. The molecule has 7 heteroatoms. The third-order valence-electron chi connectivity index (χ3n) is 4.24. The van der Waals surface area contributed by atoms with Gasteiger partial charge in [-0.3, -0.25) is 14.3 Å². The molecule has 0 bridgehead atoms. The monoisotopic (exact) mass is 405 g/mol. The van der Waals surface area contributed by atoms with Crippen LogP contribution in [0.5, 0.6) is 0 Å². The lowest BCUT2D eigenvalue weighted by Gasteiger charge is -2.18. The number of amides is 1. The molecular weight excluding hydrogens is 389 g/mol. The Hall–Kier alpha value is -2.41. The van der Waals surface area contributed by atoms with Crippen LogP contribution in [-0.2, 0) is 7.05 Å². The third-order valence-corrected chi connectivity index (χ3v) is 4.80. The molecule has 1 aromatic heterocycles. The fourth-order valence-electron chi connectivity index (χ4n) is 2.82. The normalized spacial score (nSPS) is 17.0. The molecule has 5 nitrogen and oxygen atoms in total. The first kappa shape index (κ1) is 17.4. The van der Waals surface area contributed by atoms with Crippen molar-refractivity contribution in [2.24, 2.45) is 7.05 Å². The number of hydrogen-bond donors (Lipinski definition) is 1. The average molecular weight is 406 g/mol. The lowest BCUT2D eigenvalue weighted by atomic mass is 10.1. The maximum atomic E-state index is 14.0. The van der Waals surface area contributed by atoms with E-state index in [1.165, 1.54) is 10.8 Å². The number of halogens is 2. The van der Waals surface area contributed by atoms with Crippen molar-refractivity contribution in [3.05, 3.63) is 74.4 Å². The summed E-state index contributed by atoms with van der Waals surface area (Å²) in [5.41, 5.74) is 0.768. The summed E-state index contributed by atoms with van der Waals surface area (Å²) in [6.45, 7) is 1.69. The van der Waals surface area contributed by atoms with Crippen LogP contribution in [0.4, 0.5) is 4.39 Å². The number of nitrogens with zero attached hydrogens (tertiary/aromatic N) is 2. The Bertz CT molecular complexity index is 941. The van der Waals surface area contributed by atoms with Gasteiger partial charge in [0.25, 0.3) is 11.5 Å². The average Bonchev–Trinajstić information content (AvgIpc) is 2.80. The zero-order valence-corrected chi connectivity index (χ0v) is 15.4. The summed E-state index contributed by atoms with van der Waals surface area (Å²) in [5.74, 6) is -1.02. The van der Waals surface area contributed by atoms with E-state index < -0.39 is 23.3 Å². The summed E-state index contributed by atoms with van der Waals surface area (Å²) >= 11 is 3.20. The molecule has 1 aliphatic rings. The lowest BCUT2D eigenvalue weighted by Crippen LogP contribution is -2.38. The van der Waals surface area contributed by atoms with Crippen molar-refractivity contribution in [1.29, 1.82) is 0 Å².